The number of anilines is 1. The van der Waals surface area contributed by atoms with E-state index in [0.29, 0.717) is 22.0 Å². The van der Waals surface area contributed by atoms with Gasteiger partial charge >= 0.3 is 0 Å². The highest BCUT2D eigenvalue weighted by Crippen LogP contribution is 2.39. The number of nitrogens with zero attached hydrogens (tertiary/aromatic N) is 3. The van der Waals surface area contributed by atoms with E-state index in [-0.39, 0.29) is 11.8 Å². The fourth-order valence-electron chi connectivity index (χ4n) is 3.81. The van der Waals surface area contributed by atoms with E-state index in [0.717, 1.165) is 16.8 Å². The third kappa shape index (κ3) is 3.42. The summed E-state index contributed by atoms with van der Waals surface area (Å²) in [6.45, 7) is 1.87. The number of nitriles is 1. The first-order valence-electron chi connectivity index (χ1n) is 9.30. The van der Waals surface area contributed by atoms with E-state index in [1.807, 2.05) is 6.92 Å². The predicted molar refractivity (Wildman–Crippen MR) is 112 cm³/mol. The van der Waals surface area contributed by atoms with Gasteiger partial charge in [0.15, 0.2) is 0 Å². The van der Waals surface area contributed by atoms with Crippen LogP contribution in [-0.2, 0) is 11.8 Å². The number of fused-ring (bicyclic) bond motifs is 1. The van der Waals surface area contributed by atoms with E-state index < -0.39 is 12.0 Å². The molecule has 2 atom stereocenters. The van der Waals surface area contributed by atoms with Gasteiger partial charge in [0.25, 0.3) is 5.91 Å². The van der Waals surface area contributed by atoms with Gasteiger partial charge in [-0.05, 0) is 48.9 Å². The van der Waals surface area contributed by atoms with Crippen LogP contribution in [0.3, 0.4) is 0 Å². The zero-order valence-electron chi connectivity index (χ0n) is 16.3. The Hall–Kier alpha value is -3.63. The highest BCUT2D eigenvalue weighted by Gasteiger charge is 2.41. The fourth-order valence-corrected chi connectivity index (χ4v) is 3.93. The normalized spacial score (nSPS) is 17.6. The zero-order valence-corrected chi connectivity index (χ0v) is 17.1. The molecule has 1 aliphatic heterocycles. The maximum atomic E-state index is 13.0. The molecule has 8 heteroatoms. The van der Waals surface area contributed by atoms with Crippen LogP contribution in [-0.4, -0.2) is 27.6 Å². The number of hydrogen-bond donors (Lipinski definition) is 2. The maximum Gasteiger partial charge on any atom is 0.251 e. The molecule has 150 valence electrons. The lowest BCUT2D eigenvalue weighted by molar-refractivity contribution is -0.118. The third-order valence-corrected chi connectivity index (χ3v) is 5.48. The summed E-state index contributed by atoms with van der Waals surface area (Å²) in [4.78, 5) is 25.9. The molecule has 4 rings (SSSR count). The lowest BCUT2D eigenvalue weighted by Gasteiger charge is -2.32. The largest absolute Gasteiger partial charge is 0.339 e. The second kappa shape index (κ2) is 7.65. The van der Waals surface area contributed by atoms with Crippen molar-refractivity contribution in [3.05, 3.63) is 81.5 Å². The molecule has 2 amide bonds. The van der Waals surface area contributed by atoms with E-state index in [9.17, 15) is 9.59 Å². The van der Waals surface area contributed by atoms with Crippen molar-refractivity contribution in [1.82, 2.24) is 15.1 Å². The summed E-state index contributed by atoms with van der Waals surface area (Å²) >= 11 is 5.91. The summed E-state index contributed by atoms with van der Waals surface area (Å²) in [5, 5.41) is 19.8. The Kier molecular flexibility index (Phi) is 5.02. The second-order valence-corrected chi connectivity index (χ2v) is 7.57. The van der Waals surface area contributed by atoms with Crippen LogP contribution >= 0.6 is 11.6 Å². The van der Waals surface area contributed by atoms with Crippen LogP contribution in [0.1, 0.15) is 38.7 Å². The molecule has 2 N–H and O–H groups in total. The first-order valence-corrected chi connectivity index (χ1v) is 9.67. The number of hydrogen-bond acceptors (Lipinski definition) is 4. The Morgan fingerprint density at radius 1 is 1.20 bits per heavy atom. The van der Waals surface area contributed by atoms with Gasteiger partial charge in [-0.25, -0.2) is 0 Å². The number of amides is 2. The highest BCUT2D eigenvalue weighted by molar-refractivity contribution is 6.30. The molecule has 0 saturated heterocycles. The van der Waals surface area contributed by atoms with Gasteiger partial charge in [-0.2, -0.15) is 10.4 Å². The van der Waals surface area contributed by atoms with E-state index in [1.54, 1.807) is 60.3 Å². The SMILES string of the molecule is Cc1nn(C)c2c1[C@@H](c1ccc(C#N)cc1)[C@H](NC(=O)c1ccc(Cl)cc1)C(=O)N2. The van der Waals surface area contributed by atoms with Gasteiger partial charge in [0, 0.05) is 29.1 Å². The molecular weight excluding hydrogens is 402 g/mol. The summed E-state index contributed by atoms with van der Waals surface area (Å²) < 4.78 is 1.62. The Balaban J connectivity index is 1.77. The lowest BCUT2D eigenvalue weighted by atomic mass is 9.81. The van der Waals surface area contributed by atoms with Crippen molar-refractivity contribution in [2.24, 2.45) is 7.05 Å². The Bertz CT molecular complexity index is 1180. The monoisotopic (exact) mass is 419 g/mol. The van der Waals surface area contributed by atoms with Crippen molar-refractivity contribution in [2.75, 3.05) is 5.32 Å². The molecular formula is C22H18ClN5O2. The number of halogens is 1. The second-order valence-electron chi connectivity index (χ2n) is 7.13. The topological polar surface area (TPSA) is 99.8 Å². The standard InChI is InChI=1S/C22H18ClN5O2/c1-12-17-18(14-5-3-13(11-24)4-6-14)19(22(30)26-20(17)28(2)27-12)25-21(29)15-7-9-16(23)10-8-15/h3-10,18-19H,1-2H3,(H,25,29)(H,26,30)/t18-,19+/m1/s1. The molecule has 2 aromatic carbocycles. The average molecular weight is 420 g/mol. The smallest absolute Gasteiger partial charge is 0.251 e. The fraction of sp³-hybridized carbons (Fsp3) is 0.182. The van der Waals surface area contributed by atoms with Gasteiger partial charge in [-0.1, -0.05) is 23.7 Å². The van der Waals surface area contributed by atoms with Gasteiger partial charge in [0.1, 0.15) is 11.9 Å². The average Bonchev–Trinajstić information content (AvgIpc) is 3.02. The van der Waals surface area contributed by atoms with Gasteiger partial charge < -0.3 is 10.6 Å². The Labute approximate surface area is 178 Å². The van der Waals surface area contributed by atoms with Crippen LogP contribution in [0.2, 0.25) is 5.02 Å². The minimum Gasteiger partial charge on any atom is -0.339 e. The quantitative estimate of drug-likeness (QED) is 0.681. The summed E-state index contributed by atoms with van der Waals surface area (Å²) in [6.07, 6.45) is 0. The summed E-state index contributed by atoms with van der Waals surface area (Å²) in [6, 6.07) is 14.7. The first kappa shape index (κ1) is 19.7. The van der Waals surface area contributed by atoms with Gasteiger partial charge in [-0.3, -0.25) is 14.3 Å². The van der Waals surface area contributed by atoms with Crippen LogP contribution in [0.5, 0.6) is 0 Å². The molecule has 1 aliphatic rings. The number of benzene rings is 2. The molecule has 7 nitrogen and oxygen atoms in total. The molecule has 0 aliphatic carbocycles. The predicted octanol–water partition coefficient (Wildman–Crippen LogP) is 3.14. The molecule has 0 saturated carbocycles. The van der Waals surface area contributed by atoms with Crippen LogP contribution in [0, 0.1) is 18.3 Å². The molecule has 30 heavy (non-hydrogen) atoms. The minimum absolute atomic E-state index is 0.331. The van der Waals surface area contributed by atoms with Crippen molar-refractivity contribution < 1.29 is 9.59 Å². The Morgan fingerprint density at radius 2 is 1.87 bits per heavy atom. The number of nitrogens with one attached hydrogen (secondary N) is 2. The van der Waals surface area contributed by atoms with Crippen molar-refractivity contribution in [1.29, 1.82) is 5.26 Å². The number of rotatable bonds is 3. The Morgan fingerprint density at radius 3 is 2.50 bits per heavy atom. The number of carbonyl (C=O) groups excluding carboxylic acids is 2. The zero-order chi connectivity index (χ0) is 21.4. The van der Waals surface area contributed by atoms with Crippen molar-refractivity contribution in [3.63, 3.8) is 0 Å². The van der Waals surface area contributed by atoms with Crippen molar-refractivity contribution in [2.45, 2.75) is 18.9 Å². The number of carbonyl (C=O) groups is 2. The molecule has 0 bridgehead atoms. The van der Waals surface area contributed by atoms with Gasteiger partial charge in [0.05, 0.1) is 17.3 Å². The van der Waals surface area contributed by atoms with E-state index in [4.69, 9.17) is 16.9 Å². The molecule has 1 aromatic heterocycles. The summed E-state index contributed by atoms with van der Waals surface area (Å²) in [5.74, 6) is -0.562. The van der Waals surface area contributed by atoms with Crippen molar-refractivity contribution in [3.8, 4) is 6.07 Å². The number of aryl methyl sites for hydroxylation is 2. The van der Waals surface area contributed by atoms with Crippen LogP contribution in [0.4, 0.5) is 5.82 Å². The van der Waals surface area contributed by atoms with Gasteiger partial charge in [-0.15, -0.1) is 0 Å². The highest BCUT2D eigenvalue weighted by atomic mass is 35.5. The third-order valence-electron chi connectivity index (χ3n) is 5.23. The minimum atomic E-state index is -0.850. The van der Waals surface area contributed by atoms with Crippen LogP contribution in [0.25, 0.3) is 0 Å². The van der Waals surface area contributed by atoms with Crippen LogP contribution in [0.15, 0.2) is 48.5 Å². The summed E-state index contributed by atoms with van der Waals surface area (Å²) in [7, 11) is 1.76. The lowest BCUT2D eigenvalue weighted by Crippen LogP contribution is -2.50. The van der Waals surface area contributed by atoms with Crippen molar-refractivity contribution >= 4 is 29.2 Å². The molecule has 0 radical (unpaired) electrons. The van der Waals surface area contributed by atoms with Crippen LogP contribution < -0.4 is 10.6 Å². The summed E-state index contributed by atoms with van der Waals surface area (Å²) in [5.41, 5.74) is 3.32. The van der Waals surface area contributed by atoms with E-state index >= 15 is 0 Å². The first-order chi connectivity index (χ1) is 14.4. The van der Waals surface area contributed by atoms with E-state index in [1.165, 1.54) is 0 Å². The van der Waals surface area contributed by atoms with Gasteiger partial charge in [0.2, 0.25) is 5.91 Å². The molecule has 0 unspecified atom stereocenters. The molecule has 3 aromatic rings. The molecule has 0 spiro atoms. The number of aromatic nitrogens is 2. The maximum absolute atomic E-state index is 13.0. The van der Waals surface area contributed by atoms with E-state index in [2.05, 4.69) is 21.8 Å². The molecule has 2 heterocycles. The molecule has 0 fully saturated rings.